The molecule has 1 aliphatic carbocycles. The SMILES string of the molecule is C=CCCOCCNc1ccc(N)c(OCC2CC2)n1. The standard InChI is InChI=1S/C15H23N3O2/c1-2-3-9-19-10-8-17-14-7-6-13(16)15(18-14)20-11-12-4-5-12/h2,6-7,12H,1,3-5,8-11,16H2,(H,17,18). The van der Waals surface area contributed by atoms with Gasteiger partial charge in [-0.1, -0.05) is 6.08 Å². The maximum Gasteiger partial charge on any atom is 0.239 e. The summed E-state index contributed by atoms with van der Waals surface area (Å²) in [6.45, 7) is 6.41. The van der Waals surface area contributed by atoms with Crippen molar-refractivity contribution < 1.29 is 9.47 Å². The molecule has 1 aromatic rings. The van der Waals surface area contributed by atoms with E-state index >= 15 is 0 Å². The molecule has 5 heteroatoms. The lowest BCUT2D eigenvalue weighted by Gasteiger charge is -2.10. The van der Waals surface area contributed by atoms with E-state index in [-0.39, 0.29) is 0 Å². The van der Waals surface area contributed by atoms with Crippen LogP contribution < -0.4 is 15.8 Å². The fourth-order valence-electron chi connectivity index (χ4n) is 1.67. The molecule has 0 bridgehead atoms. The smallest absolute Gasteiger partial charge is 0.239 e. The summed E-state index contributed by atoms with van der Waals surface area (Å²) >= 11 is 0. The Balaban J connectivity index is 1.72. The van der Waals surface area contributed by atoms with Gasteiger partial charge in [-0.3, -0.25) is 0 Å². The second-order valence-electron chi connectivity index (χ2n) is 4.96. The third kappa shape index (κ3) is 5.09. The number of ether oxygens (including phenoxy) is 2. The van der Waals surface area contributed by atoms with Crippen LogP contribution in [0.1, 0.15) is 19.3 Å². The van der Waals surface area contributed by atoms with E-state index in [4.69, 9.17) is 15.2 Å². The summed E-state index contributed by atoms with van der Waals surface area (Å²) < 4.78 is 11.1. The normalized spacial score (nSPS) is 14.0. The van der Waals surface area contributed by atoms with E-state index in [1.54, 1.807) is 0 Å². The van der Waals surface area contributed by atoms with Gasteiger partial charge in [-0.25, -0.2) is 0 Å². The molecule has 0 amide bonds. The molecule has 20 heavy (non-hydrogen) atoms. The van der Waals surface area contributed by atoms with Gasteiger partial charge in [0.25, 0.3) is 0 Å². The van der Waals surface area contributed by atoms with Crippen molar-refractivity contribution in [2.24, 2.45) is 5.92 Å². The molecule has 1 heterocycles. The fourth-order valence-corrected chi connectivity index (χ4v) is 1.67. The average molecular weight is 277 g/mol. The largest absolute Gasteiger partial charge is 0.476 e. The number of rotatable bonds is 10. The van der Waals surface area contributed by atoms with Gasteiger partial charge in [-0.2, -0.15) is 4.98 Å². The molecule has 0 radical (unpaired) electrons. The van der Waals surface area contributed by atoms with Crippen molar-refractivity contribution in [2.75, 3.05) is 37.4 Å². The Hall–Kier alpha value is -1.75. The number of hydrogen-bond acceptors (Lipinski definition) is 5. The first kappa shape index (κ1) is 14.7. The second kappa shape index (κ2) is 7.75. The highest BCUT2D eigenvalue weighted by atomic mass is 16.5. The first-order valence-corrected chi connectivity index (χ1v) is 7.11. The molecule has 1 saturated carbocycles. The molecule has 1 aliphatic rings. The predicted octanol–water partition coefficient (Wildman–Crippen LogP) is 2.46. The van der Waals surface area contributed by atoms with Crippen LogP contribution in [0.25, 0.3) is 0 Å². The van der Waals surface area contributed by atoms with Crippen LogP contribution >= 0.6 is 0 Å². The maximum absolute atomic E-state index is 5.86. The fraction of sp³-hybridized carbons (Fsp3) is 0.533. The van der Waals surface area contributed by atoms with Gasteiger partial charge in [0.1, 0.15) is 5.82 Å². The molecule has 0 unspecified atom stereocenters. The van der Waals surface area contributed by atoms with Crippen LogP contribution in [0.2, 0.25) is 0 Å². The van der Waals surface area contributed by atoms with Crippen molar-refractivity contribution >= 4 is 11.5 Å². The summed E-state index contributed by atoms with van der Waals surface area (Å²) in [5, 5.41) is 3.19. The van der Waals surface area contributed by atoms with Crippen LogP contribution in [-0.4, -0.2) is 31.3 Å². The number of hydrogen-bond donors (Lipinski definition) is 2. The van der Waals surface area contributed by atoms with E-state index in [9.17, 15) is 0 Å². The molecule has 3 N–H and O–H groups in total. The lowest BCUT2D eigenvalue weighted by molar-refractivity contribution is 0.149. The summed E-state index contributed by atoms with van der Waals surface area (Å²) in [4.78, 5) is 4.38. The van der Waals surface area contributed by atoms with E-state index < -0.39 is 0 Å². The lowest BCUT2D eigenvalue weighted by atomic mass is 10.4. The van der Waals surface area contributed by atoms with Crippen molar-refractivity contribution in [3.05, 3.63) is 24.8 Å². The van der Waals surface area contributed by atoms with E-state index in [0.29, 0.717) is 43.9 Å². The van der Waals surface area contributed by atoms with Crippen molar-refractivity contribution in [2.45, 2.75) is 19.3 Å². The molecule has 0 atom stereocenters. The van der Waals surface area contributed by atoms with Gasteiger partial charge in [0.2, 0.25) is 5.88 Å². The van der Waals surface area contributed by atoms with E-state index in [0.717, 1.165) is 12.2 Å². The Kier molecular flexibility index (Phi) is 5.68. The number of nitrogen functional groups attached to an aromatic ring is 1. The van der Waals surface area contributed by atoms with Crippen molar-refractivity contribution in [1.82, 2.24) is 4.98 Å². The zero-order chi connectivity index (χ0) is 14.2. The number of anilines is 2. The topological polar surface area (TPSA) is 69.4 Å². The van der Waals surface area contributed by atoms with Gasteiger partial charge >= 0.3 is 0 Å². The highest BCUT2D eigenvalue weighted by molar-refractivity contribution is 5.53. The zero-order valence-corrected chi connectivity index (χ0v) is 11.8. The molecule has 0 aromatic carbocycles. The first-order chi connectivity index (χ1) is 9.79. The minimum Gasteiger partial charge on any atom is -0.476 e. The first-order valence-electron chi connectivity index (χ1n) is 7.11. The number of aromatic nitrogens is 1. The zero-order valence-electron chi connectivity index (χ0n) is 11.8. The van der Waals surface area contributed by atoms with Crippen molar-refractivity contribution in [1.29, 1.82) is 0 Å². The van der Waals surface area contributed by atoms with Crippen LogP contribution in [0, 0.1) is 5.92 Å². The van der Waals surface area contributed by atoms with Crippen molar-refractivity contribution in [3.63, 3.8) is 0 Å². The third-order valence-electron chi connectivity index (χ3n) is 3.06. The second-order valence-corrected chi connectivity index (χ2v) is 4.96. The van der Waals surface area contributed by atoms with Gasteiger partial charge in [0.05, 0.1) is 25.5 Å². The van der Waals surface area contributed by atoms with E-state index in [1.807, 2.05) is 18.2 Å². The molecular formula is C15H23N3O2. The molecule has 1 fully saturated rings. The van der Waals surface area contributed by atoms with Crippen molar-refractivity contribution in [3.8, 4) is 5.88 Å². The Bertz CT molecular complexity index is 433. The van der Waals surface area contributed by atoms with Gasteiger partial charge in [-0.05, 0) is 37.3 Å². The predicted molar refractivity (Wildman–Crippen MR) is 81.0 cm³/mol. The number of pyridine rings is 1. The Morgan fingerprint density at radius 1 is 1.40 bits per heavy atom. The third-order valence-corrected chi connectivity index (χ3v) is 3.06. The highest BCUT2D eigenvalue weighted by Gasteiger charge is 2.22. The molecule has 110 valence electrons. The number of nitrogens with one attached hydrogen (secondary N) is 1. The van der Waals surface area contributed by atoms with Gasteiger partial charge in [0, 0.05) is 6.54 Å². The molecule has 1 aromatic heterocycles. The van der Waals surface area contributed by atoms with Crippen LogP contribution in [-0.2, 0) is 4.74 Å². The molecule has 2 rings (SSSR count). The highest BCUT2D eigenvalue weighted by Crippen LogP contribution is 2.30. The van der Waals surface area contributed by atoms with Gasteiger partial charge in [-0.15, -0.1) is 6.58 Å². The number of nitrogens with zero attached hydrogens (tertiary/aromatic N) is 1. The Morgan fingerprint density at radius 3 is 3.00 bits per heavy atom. The molecule has 5 nitrogen and oxygen atoms in total. The summed E-state index contributed by atoms with van der Waals surface area (Å²) in [7, 11) is 0. The van der Waals surface area contributed by atoms with Crippen LogP contribution in [0.15, 0.2) is 24.8 Å². The summed E-state index contributed by atoms with van der Waals surface area (Å²) in [5.74, 6) is 1.97. The molecule has 0 spiro atoms. The minimum absolute atomic E-state index is 0.523. The lowest BCUT2D eigenvalue weighted by Crippen LogP contribution is -2.12. The Labute approximate surface area is 120 Å². The van der Waals surface area contributed by atoms with Crippen LogP contribution in [0.5, 0.6) is 5.88 Å². The van der Waals surface area contributed by atoms with Gasteiger partial charge in [0.15, 0.2) is 0 Å². The molecule has 0 aliphatic heterocycles. The van der Waals surface area contributed by atoms with E-state index in [1.165, 1.54) is 12.8 Å². The maximum atomic E-state index is 5.86. The van der Waals surface area contributed by atoms with E-state index in [2.05, 4.69) is 16.9 Å². The molecule has 0 saturated heterocycles. The summed E-state index contributed by atoms with van der Waals surface area (Å²) in [6, 6.07) is 3.67. The molecular weight excluding hydrogens is 254 g/mol. The minimum atomic E-state index is 0.523. The summed E-state index contributed by atoms with van der Waals surface area (Å²) in [6.07, 6.45) is 5.22. The monoisotopic (exact) mass is 277 g/mol. The van der Waals surface area contributed by atoms with Crippen LogP contribution in [0.4, 0.5) is 11.5 Å². The average Bonchev–Trinajstić information content (AvgIpc) is 3.27. The van der Waals surface area contributed by atoms with Crippen LogP contribution in [0.3, 0.4) is 0 Å². The number of nitrogens with two attached hydrogens (primary N) is 1. The Morgan fingerprint density at radius 2 is 2.25 bits per heavy atom. The quantitative estimate of drug-likeness (QED) is 0.508. The van der Waals surface area contributed by atoms with Gasteiger partial charge < -0.3 is 20.5 Å². The summed E-state index contributed by atoms with van der Waals surface area (Å²) in [5.41, 5.74) is 6.44.